The van der Waals surface area contributed by atoms with Crippen LogP contribution < -0.4 is 5.73 Å². The SMILES string of the molecule is CC1(C)CC(CN)(N2CCCSCC2)CCO1. The molecule has 17 heavy (non-hydrogen) atoms. The average Bonchev–Trinajstić information content (AvgIpc) is 2.56. The molecule has 0 spiro atoms. The standard InChI is InChI=1S/C13H26N2OS/c1-12(2)10-13(11-14,4-7-16-12)15-5-3-8-17-9-6-15/h3-11,14H2,1-2H3. The maximum Gasteiger partial charge on any atom is 0.0644 e. The van der Waals surface area contributed by atoms with Crippen molar-refractivity contribution in [3.05, 3.63) is 0 Å². The van der Waals surface area contributed by atoms with Gasteiger partial charge in [-0.2, -0.15) is 11.8 Å². The molecular weight excluding hydrogens is 232 g/mol. The molecule has 1 atom stereocenters. The maximum absolute atomic E-state index is 6.14. The molecule has 1 unspecified atom stereocenters. The Balaban J connectivity index is 2.11. The molecule has 0 aliphatic carbocycles. The third kappa shape index (κ3) is 3.16. The van der Waals surface area contributed by atoms with E-state index in [1.54, 1.807) is 0 Å². The van der Waals surface area contributed by atoms with Crippen LogP contribution in [0.3, 0.4) is 0 Å². The van der Waals surface area contributed by atoms with E-state index >= 15 is 0 Å². The van der Waals surface area contributed by atoms with E-state index in [2.05, 4.69) is 30.5 Å². The first-order valence-corrected chi connectivity index (χ1v) is 7.90. The van der Waals surface area contributed by atoms with E-state index in [1.807, 2.05) is 0 Å². The zero-order valence-corrected chi connectivity index (χ0v) is 12.0. The zero-order valence-electron chi connectivity index (χ0n) is 11.2. The lowest BCUT2D eigenvalue weighted by Crippen LogP contribution is -2.61. The van der Waals surface area contributed by atoms with Gasteiger partial charge in [0.2, 0.25) is 0 Å². The van der Waals surface area contributed by atoms with Crippen LogP contribution in [0.1, 0.15) is 33.1 Å². The van der Waals surface area contributed by atoms with Crippen molar-refractivity contribution >= 4 is 11.8 Å². The van der Waals surface area contributed by atoms with Gasteiger partial charge in [-0.25, -0.2) is 0 Å². The van der Waals surface area contributed by atoms with Crippen LogP contribution >= 0.6 is 11.8 Å². The Hall–Kier alpha value is 0.230. The highest BCUT2D eigenvalue weighted by Gasteiger charge is 2.43. The van der Waals surface area contributed by atoms with Gasteiger partial charge in [-0.1, -0.05) is 0 Å². The average molecular weight is 258 g/mol. The van der Waals surface area contributed by atoms with Crippen LogP contribution in [0, 0.1) is 0 Å². The molecule has 3 nitrogen and oxygen atoms in total. The summed E-state index contributed by atoms with van der Waals surface area (Å²) in [5.74, 6) is 2.56. The molecule has 0 aromatic rings. The summed E-state index contributed by atoms with van der Waals surface area (Å²) >= 11 is 2.08. The number of nitrogens with two attached hydrogens (primary N) is 1. The summed E-state index contributed by atoms with van der Waals surface area (Å²) in [6, 6.07) is 0. The Morgan fingerprint density at radius 2 is 2.12 bits per heavy atom. The van der Waals surface area contributed by atoms with E-state index in [-0.39, 0.29) is 11.1 Å². The molecular formula is C13H26N2OS. The van der Waals surface area contributed by atoms with E-state index < -0.39 is 0 Å². The summed E-state index contributed by atoms with van der Waals surface area (Å²) in [6.07, 6.45) is 3.46. The molecule has 0 saturated carbocycles. The summed E-state index contributed by atoms with van der Waals surface area (Å²) in [5, 5.41) is 0. The minimum absolute atomic E-state index is 0.0168. The smallest absolute Gasteiger partial charge is 0.0644 e. The van der Waals surface area contributed by atoms with Gasteiger partial charge in [-0.3, -0.25) is 4.90 Å². The van der Waals surface area contributed by atoms with Crippen molar-refractivity contribution in [2.45, 2.75) is 44.2 Å². The van der Waals surface area contributed by atoms with Crippen molar-refractivity contribution in [3.8, 4) is 0 Å². The van der Waals surface area contributed by atoms with E-state index in [0.717, 1.165) is 26.0 Å². The van der Waals surface area contributed by atoms with Gasteiger partial charge in [0, 0.05) is 31.0 Å². The number of hydrogen-bond donors (Lipinski definition) is 1. The minimum Gasteiger partial charge on any atom is -0.375 e. The van der Waals surface area contributed by atoms with Crippen molar-refractivity contribution in [3.63, 3.8) is 0 Å². The second-order valence-corrected chi connectivity index (χ2v) is 7.14. The Kier molecular flexibility index (Phi) is 4.40. The summed E-state index contributed by atoms with van der Waals surface area (Å²) in [5.41, 5.74) is 6.31. The van der Waals surface area contributed by atoms with Gasteiger partial charge in [-0.05, 0) is 45.4 Å². The largest absolute Gasteiger partial charge is 0.375 e. The molecule has 0 aromatic carbocycles. The third-order valence-electron chi connectivity index (χ3n) is 4.09. The van der Waals surface area contributed by atoms with Crippen molar-refractivity contribution in [2.24, 2.45) is 5.73 Å². The number of rotatable bonds is 2. The van der Waals surface area contributed by atoms with Gasteiger partial charge < -0.3 is 10.5 Å². The summed E-state index contributed by atoms with van der Waals surface area (Å²) < 4.78 is 5.86. The molecule has 2 N–H and O–H groups in total. The van der Waals surface area contributed by atoms with E-state index in [4.69, 9.17) is 10.5 Å². The number of thioether (sulfide) groups is 1. The molecule has 2 rings (SSSR count). The zero-order chi connectivity index (χ0) is 12.4. The van der Waals surface area contributed by atoms with E-state index in [1.165, 1.54) is 31.0 Å². The van der Waals surface area contributed by atoms with E-state index in [9.17, 15) is 0 Å². The fourth-order valence-corrected chi connectivity index (χ4v) is 4.13. The number of nitrogens with zero attached hydrogens (tertiary/aromatic N) is 1. The Morgan fingerprint density at radius 1 is 1.29 bits per heavy atom. The fraction of sp³-hybridized carbons (Fsp3) is 1.00. The van der Waals surface area contributed by atoms with Crippen LogP contribution in [-0.4, -0.2) is 53.8 Å². The van der Waals surface area contributed by atoms with Crippen LogP contribution in [0.2, 0.25) is 0 Å². The Labute approximate surface area is 109 Å². The molecule has 2 saturated heterocycles. The molecule has 2 fully saturated rings. The van der Waals surface area contributed by atoms with Crippen molar-refractivity contribution < 1.29 is 4.74 Å². The molecule has 0 aromatic heterocycles. The Bertz CT molecular complexity index is 252. The molecule has 0 amide bonds. The first-order chi connectivity index (χ1) is 8.08. The van der Waals surface area contributed by atoms with Gasteiger partial charge in [0.1, 0.15) is 0 Å². The summed E-state index contributed by atoms with van der Waals surface area (Å²) in [6.45, 7) is 8.42. The van der Waals surface area contributed by atoms with Gasteiger partial charge in [0.15, 0.2) is 0 Å². The highest BCUT2D eigenvalue weighted by Crippen LogP contribution is 2.36. The lowest BCUT2D eigenvalue weighted by Gasteiger charge is -2.50. The fourth-order valence-electron chi connectivity index (χ4n) is 3.24. The van der Waals surface area contributed by atoms with Gasteiger partial charge in [0.25, 0.3) is 0 Å². The van der Waals surface area contributed by atoms with Crippen LogP contribution in [0.4, 0.5) is 0 Å². The van der Waals surface area contributed by atoms with Crippen LogP contribution in [0.25, 0.3) is 0 Å². The molecule has 2 heterocycles. The maximum atomic E-state index is 6.14. The molecule has 4 heteroatoms. The Morgan fingerprint density at radius 3 is 2.82 bits per heavy atom. The number of ether oxygens (including phenoxy) is 1. The first kappa shape index (κ1) is 13.7. The van der Waals surface area contributed by atoms with Crippen LogP contribution in [-0.2, 0) is 4.74 Å². The van der Waals surface area contributed by atoms with Gasteiger partial charge in [0.05, 0.1) is 5.60 Å². The molecule has 2 aliphatic heterocycles. The monoisotopic (exact) mass is 258 g/mol. The second-order valence-electron chi connectivity index (χ2n) is 5.92. The van der Waals surface area contributed by atoms with Crippen molar-refractivity contribution in [2.75, 3.05) is 37.7 Å². The van der Waals surface area contributed by atoms with Gasteiger partial charge >= 0.3 is 0 Å². The molecule has 2 aliphatic rings. The van der Waals surface area contributed by atoms with Crippen LogP contribution in [0.15, 0.2) is 0 Å². The third-order valence-corrected chi connectivity index (χ3v) is 5.14. The predicted octanol–water partition coefficient (Wildman–Crippen LogP) is 1.71. The highest BCUT2D eigenvalue weighted by molar-refractivity contribution is 7.99. The highest BCUT2D eigenvalue weighted by atomic mass is 32.2. The number of hydrogen-bond acceptors (Lipinski definition) is 4. The summed E-state index contributed by atoms with van der Waals surface area (Å²) in [4.78, 5) is 2.65. The second kappa shape index (κ2) is 5.47. The predicted molar refractivity (Wildman–Crippen MR) is 74.6 cm³/mol. The van der Waals surface area contributed by atoms with Crippen LogP contribution in [0.5, 0.6) is 0 Å². The molecule has 0 radical (unpaired) electrons. The molecule has 100 valence electrons. The molecule has 0 bridgehead atoms. The topological polar surface area (TPSA) is 38.5 Å². The van der Waals surface area contributed by atoms with Gasteiger partial charge in [-0.15, -0.1) is 0 Å². The first-order valence-electron chi connectivity index (χ1n) is 6.75. The lowest BCUT2D eigenvalue weighted by atomic mass is 9.79. The summed E-state index contributed by atoms with van der Waals surface area (Å²) in [7, 11) is 0. The van der Waals surface area contributed by atoms with Crippen molar-refractivity contribution in [1.82, 2.24) is 4.90 Å². The minimum atomic E-state index is -0.0168. The quantitative estimate of drug-likeness (QED) is 0.818. The normalized spacial score (nSPS) is 35.5. The van der Waals surface area contributed by atoms with Crippen molar-refractivity contribution in [1.29, 1.82) is 0 Å². The lowest BCUT2D eigenvalue weighted by molar-refractivity contribution is -0.116. The van der Waals surface area contributed by atoms with E-state index in [0.29, 0.717) is 0 Å².